The Morgan fingerprint density at radius 1 is 1.26 bits per heavy atom. The molecule has 0 radical (unpaired) electrons. The van der Waals surface area contributed by atoms with Crippen molar-refractivity contribution in [2.45, 2.75) is 0 Å². The molecule has 0 atom stereocenters. The highest BCUT2D eigenvalue weighted by atomic mass is 16.2. The molecule has 3 aromatic rings. The smallest absolute Gasteiger partial charge is 0.276 e. The fourth-order valence-corrected chi connectivity index (χ4v) is 1.67. The Morgan fingerprint density at radius 2 is 2.16 bits per heavy atom. The number of pyridine rings is 1. The number of hydrogen-bond donors (Lipinski definition) is 2. The van der Waals surface area contributed by atoms with Gasteiger partial charge >= 0.3 is 0 Å². The van der Waals surface area contributed by atoms with Gasteiger partial charge in [0.2, 0.25) is 0 Å². The van der Waals surface area contributed by atoms with Gasteiger partial charge in [0.25, 0.3) is 5.91 Å². The van der Waals surface area contributed by atoms with Crippen LogP contribution in [-0.4, -0.2) is 25.5 Å². The van der Waals surface area contributed by atoms with Crippen molar-refractivity contribution in [1.82, 2.24) is 19.6 Å². The Kier molecular flexibility index (Phi) is 2.57. The predicted octanol–water partition coefficient (Wildman–Crippen LogP) is 0.959. The molecule has 0 aliphatic rings. The number of aromatic nitrogens is 4. The van der Waals surface area contributed by atoms with Crippen molar-refractivity contribution in [2.75, 3.05) is 11.1 Å². The van der Waals surface area contributed by atoms with E-state index in [1.807, 2.05) is 0 Å². The van der Waals surface area contributed by atoms with E-state index in [9.17, 15) is 4.79 Å². The minimum absolute atomic E-state index is 0.311. The van der Waals surface area contributed by atoms with Crippen molar-refractivity contribution in [3.63, 3.8) is 0 Å². The second-order valence-electron chi connectivity index (χ2n) is 3.87. The molecule has 94 valence electrons. The molecule has 1 amide bonds. The lowest BCUT2D eigenvalue weighted by atomic mass is 10.4. The SMILES string of the molecule is Nc1ccc2ncc(C(=O)Nc3cccnc3)n2n1. The van der Waals surface area contributed by atoms with E-state index >= 15 is 0 Å². The average Bonchev–Trinajstić information content (AvgIpc) is 2.82. The molecule has 3 N–H and O–H groups in total. The number of carbonyl (C=O) groups is 1. The van der Waals surface area contributed by atoms with E-state index in [0.29, 0.717) is 22.8 Å². The molecular weight excluding hydrogens is 244 g/mol. The third-order valence-electron chi connectivity index (χ3n) is 2.53. The molecule has 0 bridgehead atoms. The molecule has 7 heteroatoms. The molecule has 19 heavy (non-hydrogen) atoms. The third-order valence-corrected chi connectivity index (χ3v) is 2.53. The second-order valence-corrected chi connectivity index (χ2v) is 3.87. The Balaban J connectivity index is 1.96. The van der Waals surface area contributed by atoms with E-state index in [2.05, 4.69) is 20.4 Å². The van der Waals surface area contributed by atoms with Crippen LogP contribution in [0.2, 0.25) is 0 Å². The van der Waals surface area contributed by atoms with E-state index in [4.69, 9.17) is 5.73 Å². The summed E-state index contributed by atoms with van der Waals surface area (Å²) in [6.45, 7) is 0. The van der Waals surface area contributed by atoms with Gasteiger partial charge < -0.3 is 11.1 Å². The number of nitrogens with zero attached hydrogens (tertiary/aromatic N) is 4. The first-order valence-electron chi connectivity index (χ1n) is 5.56. The second kappa shape index (κ2) is 4.37. The maximum atomic E-state index is 12.1. The Labute approximate surface area is 108 Å². The summed E-state index contributed by atoms with van der Waals surface area (Å²) < 4.78 is 1.40. The summed E-state index contributed by atoms with van der Waals surface area (Å²) in [5.41, 5.74) is 7.08. The minimum Gasteiger partial charge on any atom is -0.382 e. The fraction of sp³-hybridized carbons (Fsp3) is 0. The topological polar surface area (TPSA) is 98.2 Å². The van der Waals surface area contributed by atoms with Crippen LogP contribution in [0.5, 0.6) is 0 Å². The Hall–Kier alpha value is -2.96. The maximum Gasteiger partial charge on any atom is 0.276 e. The highest BCUT2D eigenvalue weighted by molar-refractivity contribution is 6.03. The van der Waals surface area contributed by atoms with Crippen LogP contribution >= 0.6 is 0 Å². The van der Waals surface area contributed by atoms with Crippen molar-refractivity contribution in [2.24, 2.45) is 0 Å². The molecule has 0 spiro atoms. The lowest BCUT2D eigenvalue weighted by molar-refractivity contribution is 0.102. The summed E-state index contributed by atoms with van der Waals surface area (Å²) in [7, 11) is 0. The molecule has 0 saturated heterocycles. The number of anilines is 2. The van der Waals surface area contributed by atoms with Crippen molar-refractivity contribution >= 4 is 23.1 Å². The number of nitrogens with two attached hydrogens (primary N) is 1. The van der Waals surface area contributed by atoms with Gasteiger partial charge in [-0.25, -0.2) is 9.50 Å². The lowest BCUT2D eigenvalue weighted by Gasteiger charge is -2.03. The van der Waals surface area contributed by atoms with Crippen LogP contribution in [-0.2, 0) is 0 Å². The monoisotopic (exact) mass is 254 g/mol. The molecule has 3 heterocycles. The fourth-order valence-electron chi connectivity index (χ4n) is 1.67. The zero-order valence-electron chi connectivity index (χ0n) is 9.82. The van der Waals surface area contributed by atoms with Crippen LogP contribution in [0, 0.1) is 0 Å². The number of amides is 1. The van der Waals surface area contributed by atoms with Crippen LogP contribution in [0.3, 0.4) is 0 Å². The minimum atomic E-state index is -0.321. The standard InChI is InChI=1S/C12H10N6O/c13-10-3-4-11-15-7-9(18(11)17-10)12(19)16-8-2-1-5-14-6-8/h1-7H,(H2,13,17)(H,16,19). The van der Waals surface area contributed by atoms with Crippen LogP contribution in [0.15, 0.2) is 42.9 Å². The lowest BCUT2D eigenvalue weighted by Crippen LogP contribution is -2.15. The molecule has 0 aliphatic heterocycles. The largest absolute Gasteiger partial charge is 0.382 e. The van der Waals surface area contributed by atoms with Crippen molar-refractivity contribution < 1.29 is 4.79 Å². The number of nitrogens with one attached hydrogen (secondary N) is 1. The van der Waals surface area contributed by atoms with E-state index < -0.39 is 0 Å². The molecule has 0 saturated carbocycles. The number of fused-ring (bicyclic) bond motifs is 1. The highest BCUT2D eigenvalue weighted by Crippen LogP contribution is 2.10. The molecule has 7 nitrogen and oxygen atoms in total. The molecule has 0 aliphatic carbocycles. The first-order valence-corrected chi connectivity index (χ1v) is 5.56. The van der Waals surface area contributed by atoms with Gasteiger partial charge in [0.15, 0.2) is 11.3 Å². The van der Waals surface area contributed by atoms with Crippen LogP contribution in [0.25, 0.3) is 5.65 Å². The zero-order chi connectivity index (χ0) is 13.2. The van der Waals surface area contributed by atoms with Crippen molar-refractivity contribution in [3.8, 4) is 0 Å². The normalized spacial score (nSPS) is 10.5. The van der Waals surface area contributed by atoms with Gasteiger partial charge in [-0.3, -0.25) is 9.78 Å². The summed E-state index contributed by atoms with van der Waals surface area (Å²) in [5.74, 6) is -0.000437. The molecule has 0 unspecified atom stereocenters. The van der Waals surface area contributed by atoms with Gasteiger partial charge in [0.05, 0.1) is 18.1 Å². The molecule has 3 rings (SSSR count). The van der Waals surface area contributed by atoms with Crippen LogP contribution < -0.4 is 11.1 Å². The van der Waals surface area contributed by atoms with E-state index in [1.54, 1.807) is 36.7 Å². The Bertz CT molecular complexity index is 736. The van der Waals surface area contributed by atoms with Gasteiger partial charge in [-0.1, -0.05) is 0 Å². The predicted molar refractivity (Wildman–Crippen MR) is 69.6 cm³/mol. The molecular formula is C12H10N6O. The first kappa shape index (κ1) is 11.1. The van der Waals surface area contributed by atoms with E-state index in [1.165, 1.54) is 10.7 Å². The number of nitrogen functional groups attached to an aromatic ring is 1. The van der Waals surface area contributed by atoms with Crippen LogP contribution in [0.1, 0.15) is 10.5 Å². The Morgan fingerprint density at radius 3 is 2.95 bits per heavy atom. The molecule has 3 aromatic heterocycles. The summed E-state index contributed by atoms with van der Waals surface area (Å²) in [5, 5.41) is 6.77. The summed E-state index contributed by atoms with van der Waals surface area (Å²) in [4.78, 5) is 20.1. The maximum absolute atomic E-state index is 12.1. The van der Waals surface area contributed by atoms with Gasteiger partial charge in [-0.2, -0.15) is 0 Å². The average molecular weight is 254 g/mol. The van der Waals surface area contributed by atoms with Gasteiger partial charge in [-0.05, 0) is 24.3 Å². The summed E-state index contributed by atoms with van der Waals surface area (Å²) >= 11 is 0. The van der Waals surface area contributed by atoms with Crippen LogP contribution in [0.4, 0.5) is 11.5 Å². The number of rotatable bonds is 2. The molecule has 0 fully saturated rings. The van der Waals surface area contributed by atoms with Gasteiger partial charge in [0, 0.05) is 6.20 Å². The summed E-state index contributed by atoms with van der Waals surface area (Å²) in [6.07, 6.45) is 4.64. The van der Waals surface area contributed by atoms with Crippen molar-refractivity contribution in [3.05, 3.63) is 48.5 Å². The van der Waals surface area contributed by atoms with Gasteiger partial charge in [0.1, 0.15) is 5.82 Å². The quantitative estimate of drug-likeness (QED) is 0.709. The number of carbonyl (C=O) groups excluding carboxylic acids is 1. The first-order chi connectivity index (χ1) is 9.24. The third kappa shape index (κ3) is 2.08. The zero-order valence-corrected chi connectivity index (χ0v) is 9.82. The molecule has 0 aromatic carbocycles. The number of hydrogen-bond acceptors (Lipinski definition) is 5. The van der Waals surface area contributed by atoms with E-state index in [0.717, 1.165) is 0 Å². The van der Waals surface area contributed by atoms with Gasteiger partial charge in [-0.15, -0.1) is 5.10 Å². The number of imidazole rings is 1. The van der Waals surface area contributed by atoms with E-state index in [-0.39, 0.29) is 5.91 Å². The summed E-state index contributed by atoms with van der Waals surface area (Å²) in [6, 6.07) is 6.81. The highest BCUT2D eigenvalue weighted by Gasteiger charge is 2.13. The van der Waals surface area contributed by atoms with Crippen molar-refractivity contribution in [1.29, 1.82) is 0 Å².